The Bertz CT molecular complexity index is 353. The van der Waals surface area contributed by atoms with E-state index in [1.54, 1.807) is 6.07 Å². The molecule has 2 rings (SSSR count). The number of likely N-dealkylation sites (tertiary alicyclic amines) is 1. The molecule has 15 heavy (non-hydrogen) atoms. The summed E-state index contributed by atoms with van der Waals surface area (Å²) in [5.41, 5.74) is 1.09. The molecule has 1 saturated heterocycles. The summed E-state index contributed by atoms with van der Waals surface area (Å²) in [6.07, 6.45) is 1.26. The predicted octanol–water partition coefficient (Wildman–Crippen LogP) is 3.32. The Morgan fingerprint density at radius 2 is 2.33 bits per heavy atom. The molecule has 0 aromatic heterocycles. The molecule has 3 heteroatoms. The number of benzene rings is 1. The monoisotopic (exact) mass is 227 g/mol. The van der Waals surface area contributed by atoms with Gasteiger partial charge in [0.25, 0.3) is 0 Å². The first-order chi connectivity index (χ1) is 7.15. The van der Waals surface area contributed by atoms with Gasteiger partial charge in [-0.3, -0.25) is 4.90 Å². The molecular formula is C12H15ClFN. The van der Waals surface area contributed by atoms with Gasteiger partial charge in [0.05, 0.1) is 5.02 Å². The molecule has 0 N–H and O–H groups in total. The van der Waals surface area contributed by atoms with Gasteiger partial charge in [-0.15, -0.1) is 0 Å². The van der Waals surface area contributed by atoms with Gasteiger partial charge in [-0.2, -0.15) is 0 Å². The minimum absolute atomic E-state index is 0.222. The van der Waals surface area contributed by atoms with E-state index in [0.717, 1.165) is 31.1 Å². The molecule has 0 spiro atoms. The van der Waals surface area contributed by atoms with Crippen molar-refractivity contribution in [1.82, 2.24) is 4.90 Å². The van der Waals surface area contributed by atoms with E-state index in [1.165, 1.54) is 12.5 Å². The Hall–Kier alpha value is -0.600. The molecule has 1 aromatic carbocycles. The maximum atomic E-state index is 12.9. The molecule has 0 aliphatic carbocycles. The summed E-state index contributed by atoms with van der Waals surface area (Å²) in [5.74, 6) is 0.441. The lowest BCUT2D eigenvalue weighted by atomic mass is 10.2. The lowest BCUT2D eigenvalue weighted by molar-refractivity contribution is 0.320. The maximum Gasteiger partial charge on any atom is 0.141 e. The van der Waals surface area contributed by atoms with Crippen molar-refractivity contribution in [3.05, 3.63) is 34.6 Å². The van der Waals surface area contributed by atoms with Crippen molar-refractivity contribution in [3.8, 4) is 0 Å². The summed E-state index contributed by atoms with van der Waals surface area (Å²) in [6.45, 7) is 5.41. The molecule has 0 bridgehead atoms. The van der Waals surface area contributed by atoms with E-state index in [2.05, 4.69) is 11.8 Å². The van der Waals surface area contributed by atoms with Crippen molar-refractivity contribution in [3.63, 3.8) is 0 Å². The van der Waals surface area contributed by atoms with E-state index >= 15 is 0 Å². The molecule has 0 saturated carbocycles. The highest BCUT2D eigenvalue weighted by Crippen LogP contribution is 2.20. The maximum absolute atomic E-state index is 12.9. The fourth-order valence-corrected chi connectivity index (χ4v) is 2.27. The summed E-state index contributed by atoms with van der Waals surface area (Å²) in [4.78, 5) is 2.38. The lowest BCUT2D eigenvalue weighted by Crippen LogP contribution is -2.19. The number of nitrogens with zero attached hydrogens (tertiary/aromatic N) is 1. The van der Waals surface area contributed by atoms with Gasteiger partial charge in [0.1, 0.15) is 5.82 Å². The zero-order valence-electron chi connectivity index (χ0n) is 8.84. The Kier molecular flexibility index (Phi) is 3.27. The van der Waals surface area contributed by atoms with Gasteiger partial charge in [0.15, 0.2) is 0 Å². The molecule has 82 valence electrons. The molecular weight excluding hydrogens is 213 g/mol. The molecule has 1 aliphatic heterocycles. The normalized spacial score (nSPS) is 22.2. The Balaban J connectivity index is 2.02. The number of rotatable bonds is 2. The van der Waals surface area contributed by atoms with E-state index in [-0.39, 0.29) is 10.8 Å². The molecule has 1 fully saturated rings. The van der Waals surface area contributed by atoms with E-state index < -0.39 is 0 Å². The van der Waals surface area contributed by atoms with Crippen LogP contribution in [-0.4, -0.2) is 18.0 Å². The average molecular weight is 228 g/mol. The second-order valence-electron chi connectivity index (χ2n) is 4.38. The molecule has 0 amide bonds. The lowest BCUT2D eigenvalue weighted by Gasteiger charge is -2.15. The largest absolute Gasteiger partial charge is 0.299 e. The molecule has 1 aromatic rings. The second-order valence-corrected chi connectivity index (χ2v) is 4.78. The van der Waals surface area contributed by atoms with Crippen molar-refractivity contribution >= 4 is 11.6 Å². The average Bonchev–Trinajstić information content (AvgIpc) is 2.58. The van der Waals surface area contributed by atoms with Gasteiger partial charge in [0, 0.05) is 13.1 Å². The standard InChI is InChI=1S/C12H15ClFN/c1-9-4-5-15(7-9)8-10-2-3-12(14)11(13)6-10/h2-3,6,9H,4-5,7-8H2,1H3/t9-/m1/s1. The molecule has 1 heterocycles. The first-order valence-electron chi connectivity index (χ1n) is 5.31. The van der Waals surface area contributed by atoms with Crippen LogP contribution < -0.4 is 0 Å². The van der Waals surface area contributed by atoms with Gasteiger partial charge in [0.2, 0.25) is 0 Å². The SMILES string of the molecule is C[C@@H]1CCN(Cc2ccc(F)c(Cl)c2)C1. The van der Waals surface area contributed by atoms with Gasteiger partial charge in [-0.1, -0.05) is 24.6 Å². The first kappa shape index (κ1) is 10.9. The quantitative estimate of drug-likeness (QED) is 0.749. The fraction of sp³-hybridized carbons (Fsp3) is 0.500. The summed E-state index contributed by atoms with van der Waals surface area (Å²) in [6, 6.07) is 4.97. The predicted molar refractivity (Wildman–Crippen MR) is 60.5 cm³/mol. The second kappa shape index (κ2) is 4.50. The topological polar surface area (TPSA) is 3.24 Å². The molecule has 1 atom stereocenters. The van der Waals surface area contributed by atoms with Crippen LogP contribution in [0.5, 0.6) is 0 Å². The third-order valence-electron chi connectivity index (χ3n) is 2.90. The van der Waals surface area contributed by atoms with Crippen LogP contribution in [-0.2, 0) is 6.54 Å². The van der Waals surface area contributed by atoms with Crippen LogP contribution in [0.25, 0.3) is 0 Å². The van der Waals surface area contributed by atoms with Gasteiger partial charge < -0.3 is 0 Å². The highest BCUT2D eigenvalue weighted by atomic mass is 35.5. The van der Waals surface area contributed by atoms with Crippen LogP contribution in [0.1, 0.15) is 18.9 Å². The summed E-state index contributed by atoms with van der Waals surface area (Å²) in [7, 11) is 0. The Morgan fingerprint density at radius 1 is 1.53 bits per heavy atom. The van der Waals surface area contributed by atoms with Crippen molar-refractivity contribution < 1.29 is 4.39 Å². The highest BCUT2D eigenvalue weighted by molar-refractivity contribution is 6.30. The fourth-order valence-electron chi connectivity index (χ4n) is 2.07. The minimum Gasteiger partial charge on any atom is -0.299 e. The summed E-state index contributed by atoms with van der Waals surface area (Å²) >= 11 is 5.73. The van der Waals surface area contributed by atoms with Gasteiger partial charge in [-0.05, 0) is 36.6 Å². The van der Waals surface area contributed by atoms with Crippen LogP contribution >= 0.6 is 11.6 Å². The van der Waals surface area contributed by atoms with Crippen molar-refractivity contribution in [2.24, 2.45) is 5.92 Å². The van der Waals surface area contributed by atoms with E-state index in [1.807, 2.05) is 6.07 Å². The highest BCUT2D eigenvalue weighted by Gasteiger charge is 2.18. The van der Waals surface area contributed by atoms with E-state index in [9.17, 15) is 4.39 Å². The van der Waals surface area contributed by atoms with E-state index in [0.29, 0.717) is 0 Å². The summed E-state index contributed by atoms with van der Waals surface area (Å²) in [5, 5.41) is 0.222. The smallest absolute Gasteiger partial charge is 0.141 e. The third kappa shape index (κ3) is 2.70. The van der Waals surface area contributed by atoms with E-state index in [4.69, 9.17) is 11.6 Å². The third-order valence-corrected chi connectivity index (χ3v) is 3.19. The number of halogens is 2. The Morgan fingerprint density at radius 3 is 2.93 bits per heavy atom. The van der Waals surface area contributed by atoms with Crippen LogP contribution in [0.15, 0.2) is 18.2 Å². The van der Waals surface area contributed by atoms with Crippen LogP contribution in [0, 0.1) is 11.7 Å². The molecule has 1 nitrogen and oxygen atoms in total. The van der Waals surface area contributed by atoms with Gasteiger partial charge in [-0.25, -0.2) is 4.39 Å². The number of hydrogen-bond acceptors (Lipinski definition) is 1. The van der Waals surface area contributed by atoms with Crippen LogP contribution in [0.3, 0.4) is 0 Å². The zero-order valence-corrected chi connectivity index (χ0v) is 9.60. The minimum atomic E-state index is -0.338. The first-order valence-corrected chi connectivity index (χ1v) is 5.69. The van der Waals surface area contributed by atoms with Crippen molar-refractivity contribution in [2.75, 3.05) is 13.1 Å². The van der Waals surface area contributed by atoms with Gasteiger partial charge >= 0.3 is 0 Å². The van der Waals surface area contributed by atoms with Crippen molar-refractivity contribution in [2.45, 2.75) is 19.9 Å². The Labute approximate surface area is 94.8 Å². The van der Waals surface area contributed by atoms with Crippen molar-refractivity contribution in [1.29, 1.82) is 0 Å². The van der Waals surface area contributed by atoms with Crippen LogP contribution in [0.2, 0.25) is 5.02 Å². The van der Waals surface area contributed by atoms with Crippen LogP contribution in [0.4, 0.5) is 4.39 Å². The summed E-state index contributed by atoms with van der Waals surface area (Å²) < 4.78 is 12.9. The zero-order chi connectivity index (χ0) is 10.8. The number of hydrogen-bond donors (Lipinski definition) is 0. The molecule has 0 radical (unpaired) electrons. The molecule has 1 aliphatic rings. The molecule has 0 unspecified atom stereocenters.